The Labute approximate surface area is 153 Å². The third-order valence-electron chi connectivity index (χ3n) is 4.80. The molecule has 2 aromatic rings. The van der Waals surface area contributed by atoms with E-state index in [1.165, 1.54) is 0 Å². The number of pyridine rings is 1. The number of nitrogens with zero attached hydrogens (tertiary/aromatic N) is 1. The van der Waals surface area contributed by atoms with Crippen molar-refractivity contribution in [1.82, 2.24) is 4.98 Å². The topological polar surface area (TPSA) is 31.4 Å². The first-order valence-electron chi connectivity index (χ1n) is 7.95. The maximum absolute atomic E-state index is 6.28. The van der Waals surface area contributed by atoms with E-state index < -0.39 is 7.12 Å². The molecule has 126 valence electrons. The first kappa shape index (κ1) is 17.8. The van der Waals surface area contributed by atoms with Gasteiger partial charge >= 0.3 is 7.12 Å². The summed E-state index contributed by atoms with van der Waals surface area (Å²) < 4.78 is 12.2. The van der Waals surface area contributed by atoms with E-state index in [-0.39, 0.29) is 11.2 Å². The van der Waals surface area contributed by atoms with Gasteiger partial charge in [0, 0.05) is 17.3 Å². The fraction of sp³-hybridized carbons (Fsp3) is 0.389. The molecule has 1 saturated heterocycles. The lowest BCUT2D eigenvalue weighted by Crippen LogP contribution is -2.41. The average molecular weight is 362 g/mol. The smallest absolute Gasteiger partial charge is 0.400 e. The fourth-order valence-electron chi connectivity index (χ4n) is 2.62. The van der Waals surface area contributed by atoms with Crippen LogP contribution >= 0.6 is 24.2 Å². The largest absolute Gasteiger partial charge is 0.491 e. The summed E-state index contributed by atoms with van der Waals surface area (Å²) in [6.07, 6.45) is 3.77. The second-order valence-corrected chi connectivity index (χ2v) is 7.76. The molecular weight excluding hydrogens is 341 g/mol. The van der Waals surface area contributed by atoms with Crippen molar-refractivity contribution in [3.8, 4) is 0 Å². The van der Waals surface area contributed by atoms with Gasteiger partial charge in [-0.1, -0.05) is 23.7 Å². The minimum absolute atomic E-state index is 0.365. The third kappa shape index (κ3) is 3.23. The highest BCUT2D eigenvalue weighted by Crippen LogP contribution is 2.39. The van der Waals surface area contributed by atoms with Gasteiger partial charge in [-0.15, -0.1) is 0 Å². The first-order chi connectivity index (χ1) is 11.2. The lowest BCUT2D eigenvalue weighted by atomic mass is 9.78. The number of aromatic nitrogens is 1. The molecule has 1 aromatic carbocycles. The van der Waals surface area contributed by atoms with E-state index in [0.717, 1.165) is 21.9 Å². The van der Waals surface area contributed by atoms with Gasteiger partial charge in [-0.3, -0.25) is 4.98 Å². The van der Waals surface area contributed by atoms with Crippen LogP contribution in [0.15, 0.2) is 35.9 Å². The molecule has 0 bridgehead atoms. The Bertz CT molecular complexity index is 791. The molecule has 3 nitrogen and oxygen atoms in total. The van der Waals surface area contributed by atoms with Crippen molar-refractivity contribution in [3.63, 3.8) is 0 Å². The summed E-state index contributed by atoms with van der Waals surface area (Å²) in [5, 5.41) is 1.62. The zero-order chi connectivity index (χ0) is 17.5. The molecule has 0 N–H and O–H groups in total. The zero-order valence-electron chi connectivity index (χ0n) is 14.3. The van der Waals surface area contributed by atoms with Crippen LogP contribution in [0.25, 0.3) is 17.0 Å². The molecule has 24 heavy (non-hydrogen) atoms. The van der Waals surface area contributed by atoms with Crippen molar-refractivity contribution in [1.29, 1.82) is 0 Å². The highest BCUT2D eigenvalue weighted by Gasteiger charge is 2.52. The summed E-state index contributed by atoms with van der Waals surface area (Å²) in [6, 6.07) is 7.80. The molecule has 0 saturated carbocycles. The van der Waals surface area contributed by atoms with Gasteiger partial charge in [0.2, 0.25) is 0 Å². The van der Waals surface area contributed by atoms with Crippen LogP contribution in [0.4, 0.5) is 0 Å². The highest BCUT2D eigenvalue weighted by atomic mass is 35.5. The van der Waals surface area contributed by atoms with E-state index in [0.29, 0.717) is 10.8 Å². The third-order valence-corrected chi connectivity index (χ3v) is 5.50. The van der Waals surface area contributed by atoms with Gasteiger partial charge in [0.05, 0.1) is 21.7 Å². The zero-order valence-corrected chi connectivity index (χ0v) is 16.0. The van der Waals surface area contributed by atoms with Gasteiger partial charge in [-0.2, -0.15) is 12.6 Å². The van der Waals surface area contributed by atoms with E-state index in [9.17, 15) is 0 Å². The Morgan fingerprint density at radius 2 is 1.88 bits per heavy atom. The van der Waals surface area contributed by atoms with Crippen molar-refractivity contribution in [2.75, 3.05) is 5.75 Å². The second-order valence-electron chi connectivity index (χ2n) is 7.03. The first-order valence-corrected chi connectivity index (χ1v) is 8.96. The van der Waals surface area contributed by atoms with Crippen LogP contribution in [-0.4, -0.2) is 29.1 Å². The molecule has 3 rings (SSSR count). The monoisotopic (exact) mass is 361 g/mol. The Morgan fingerprint density at radius 3 is 2.50 bits per heavy atom. The molecule has 1 fully saturated rings. The maximum atomic E-state index is 6.28. The molecule has 1 aromatic heterocycles. The van der Waals surface area contributed by atoms with Crippen molar-refractivity contribution < 1.29 is 9.31 Å². The van der Waals surface area contributed by atoms with Gasteiger partial charge in [0.15, 0.2) is 0 Å². The Balaban J connectivity index is 1.96. The summed E-state index contributed by atoms with van der Waals surface area (Å²) >= 11 is 10.7. The SMILES string of the molecule is CC1(C)OB(C(=Cc2ccc3nccc(Cl)c3c2)CS)OC1(C)C. The van der Waals surface area contributed by atoms with Crippen LogP contribution in [-0.2, 0) is 9.31 Å². The number of hydrogen-bond acceptors (Lipinski definition) is 4. The maximum Gasteiger partial charge on any atom is 0.491 e. The summed E-state index contributed by atoms with van der Waals surface area (Å²) in [6.45, 7) is 8.18. The van der Waals surface area contributed by atoms with Crippen LogP contribution in [0, 0.1) is 0 Å². The molecule has 0 atom stereocenters. The summed E-state index contributed by atoms with van der Waals surface area (Å²) in [4.78, 5) is 4.33. The van der Waals surface area contributed by atoms with Crippen molar-refractivity contribution in [3.05, 3.63) is 46.5 Å². The van der Waals surface area contributed by atoms with Gasteiger partial charge in [0.1, 0.15) is 0 Å². The van der Waals surface area contributed by atoms with Gasteiger partial charge in [0.25, 0.3) is 0 Å². The van der Waals surface area contributed by atoms with E-state index in [1.54, 1.807) is 12.3 Å². The van der Waals surface area contributed by atoms with Crippen LogP contribution in [0.1, 0.15) is 33.3 Å². The lowest BCUT2D eigenvalue weighted by Gasteiger charge is -2.32. The predicted molar refractivity (Wildman–Crippen MR) is 105 cm³/mol. The predicted octanol–water partition coefficient (Wildman–Crippen LogP) is 4.83. The van der Waals surface area contributed by atoms with Crippen LogP contribution in [0.2, 0.25) is 5.02 Å². The van der Waals surface area contributed by atoms with Crippen LogP contribution in [0.3, 0.4) is 0 Å². The molecule has 0 aliphatic carbocycles. The number of benzene rings is 1. The molecule has 0 radical (unpaired) electrons. The number of thiol groups is 1. The average Bonchev–Trinajstić information content (AvgIpc) is 2.73. The lowest BCUT2D eigenvalue weighted by molar-refractivity contribution is 0.00578. The Hall–Kier alpha value is -1.01. The molecule has 0 amide bonds. The number of halogens is 1. The molecule has 1 aliphatic heterocycles. The van der Waals surface area contributed by atoms with Crippen molar-refractivity contribution in [2.45, 2.75) is 38.9 Å². The standard InChI is InChI=1S/C18H21BClNO2S/c1-17(2)18(3,4)23-19(22-17)13(11-24)9-12-5-6-16-14(10-12)15(20)7-8-21-16/h5-10,24H,11H2,1-4H3. The second kappa shape index (κ2) is 6.38. The van der Waals surface area contributed by atoms with Gasteiger partial charge < -0.3 is 9.31 Å². The van der Waals surface area contributed by atoms with E-state index in [1.807, 2.05) is 45.9 Å². The fourth-order valence-corrected chi connectivity index (χ4v) is 3.06. The molecular formula is C18H21BClNO2S. The Kier molecular flexibility index (Phi) is 4.73. The normalized spacial score (nSPS) is 19.9. The van der Waals surface area contributed by atoms with E-state index in [4.69, 9.17) is 20.9 Å². The summed E-state index contributed by atoms with van der Waals surface area (Å²) in [7, 11) is -0.396. The quantitative estimate of drug-likeness (QED) is 0.627. The van der Waals surface area contributed by atoms with E-state index >= 15 is 0 Å². The number of fused-ring (bicyclic) bond motifs is 1. The number of hydrogen-bond donors (Lipinski definition) is 1. The van der Waals surface area contributed by atoms with Crippen LogP contribution < -0.4 is 0 Å². The Morgan fingerprint density at radius 1 is 1.21 bits per heavy atom. The van der Waals surface area contributed by atoms with Crippen LogP contribution in [0.5, 0.6) is 0 Å². The van der Waals surface area contributed by atoms with Gasteiger partial charge in [-0.25, -0.2) is 0 Å². The molecule has 2 heterocycles. The minimum Gasteiger partial charge on any atom is -0.400 e. The molecule has 6 heteroatoms. The van der Waals surface area contributed by atoms with Gasteiger partial charge in [-0.05, 0) is 56.9 Å². The molecule has 0 spiro atoms. The number of rotatable bonds is 3. The summed E-state index contributed by atoms with van der Waals surface area (Å²) in [5.41, 5.74) is 2.15. The van der Waals surface area contributed by atoms with Crippen molar-refractivity contribution >= 4 is 48.3 Å². The molecule has 1 aliphatic rings. The molecule has 0 unspecified atom stereocenters. The van der Waals surface area contributed by atoms with Crippen molar-refractivity contribution in [2.24, 2.45) is 0 Å². The summed E-state index contributed by atoms with van der Waals surface area (Å²) in [5.74, 6) is 0.551. The highest BCUT2D eigenvalue weighted by molar-refractivity contribution is 7.80. The van der Waals surface area contributed by atoms with E-state index in [2.05, 4.69) is 23.7 Å². The minimum atomic E-state index is -0.396.